The molecule has 1 unspecified atom stereocenters. The molecule has 2 N–H and O–H groups in total. The average molecular weight is 523 g/mol. The van der Waals surface area contributed by atoms with Crippen LogP contribution in [0.4, 0.5) is 19.4 Å². The zero-order valence-electron chi connectivity index (χ0n) is 21.7. The van der Waals surface area contributed by atoms with Gasteiger partial charge in [-0.15, -0.1) is 0 Å². The molecule has 1 aromatic carbocycles. The molecular formula is C26H33ClF2N4O3. The molecule has 1 saturated heterocycles. The first-order valence-corrected chi connectivity index (χ1v) is 12.4. The molecular weight excluding hydrogens is 490 g/mol. The van der Waals surface area contributed by atoms with Gasteiger partial charge in [-0.05, 0) is 40.2 Å². The lowest BCUT2D eigenvalue weighted by molar-refractivity contribution is 0.0104. The number of carbonyl (C=O) groups is 2. The van der Waals surface area contributed by atoms with Crippen molar-refractivity contribution in [3.63, 3.8) is 0 Å². The number of ether oxygens (including phenoxy) is 1. The van der Waals surface area contributed by atoms with Crippen LogP contribution in [0.5, 0.6) is 0 Å². The molecule has 1 atom stereocenters. The number of pyridine rings is 1. The van der Waals surface area contributed by atoms with Gasteiger partial charge in [0.2, 0.25) is 0 Å². The molecule has 0 aliphatic carbocycles. The van der Waals surface area contributed by atoms with Crippen molar-refractivity contribution in [1.29, 1.82) is 0 Å². The van der Waals surface area contributed by atoms with Crippen LogP contribution in [-0.4, -0.2) is 53.2 Å². The largest absolute Gasteiger partial charge is 0.444 e. The number of rotatable bonds is 3. The van der Waals surface area contributed by atoms with E-state index in [-0.39, 0.29) is 40.1 Å². The zero-order chi connectivity index (χ0) is 27.0. The van der Waals surface area contributed by atoms with Gasteiger partial charge in [0.05, 0.1) is 16.6 Å². The molecule has 2 aromatic rings. The van der Waals surface area contributed by atoms with Crippen molar-refractivity contribution in [2.75, 3.05) is 25.0 Å². The van der Waals surface area contributed by atoms with Crippen LogP contribution in [-0.2, 0) is 10.2 Å². The number of hydrogen-bond acceptors (Lipinski definition) is 5. The third kappa shape index (κ3) is 5.12. The number of carbonyl (C=O) groups excluding carboxylic acids is 2. The van der Waals surface area contributed by atoms with E-state index in [2.05, 4.69) is 15.6 Å². The summed E-state index contributed by atoms with van der Waals surface area (Å²) in [5, 5.41) is 5.66. The quantitative estimate of drug-likeness (QED) is 0.561. The third-order valence-corrected chi connectivity index (χ3v) is 6.63. The van der Waals surface area contributed by atoms with Crippen molar-refractivity contribution in [3.8, 4) is 0 Å². The Kier molecular flexibility index (Phi) is 7.83. The number of hydrogen-bond donors (Lipinski definition) is 2. The summed E-state index contributed by atoms with van der Waals surface area (Å²) in [5.41, 5.74) is -0.992. The van der Waals surface area contributed by atoms with E-state index in [9.17, 15) is 9.59 Å². The second-order valence-corrected chi connectivity index (χ2v) is 10.4. The topological polar surface area (TPSA) is 83.6 Å². The number of fused-ring (bicyclic) bond motifs is 1. The van der Waals surface area contributed by atoms with E-state index in [4.69, 9.17) is 16.3 Å². The highest BCUT2D eigenvalue weighted by Crippen LogP contribution is 2.42. The lowest BCUT2D eigenvalue weighted by Gasteiger charge is -2.41. The van der Waals surface area contributed by atoms with Crippen LogP contribution >= 0.6 is 11.6 Å². The molecule has 36 heavy (non-hydrogen) atoms. The maximum absolute atomic E-state index is 15.9. The lowest BCUT2D eigenvalue weighted by atomic mass is 9.72. The van der Waals surface area contributed by atoms with Crippen LogP contribution in [0.15, 0.2) is 18.3 Å². The van der Waals surface area contributed by atoms with Crippen LogP contribution in [0, 0.1) is 18.6 Å². The van der Waals surface area contributed by atoms with Crippen molar-refractivity contribution in [1.82, 2.24) is 15.2 Å². The summed E-state index contributed by atoms with van der Waals surface area (Å²) >= 11 is 6.14. The smallest absolute Gasteiger partial charge is 0.410 e. The van der Waals surface area contributed by atoms with Gasteiger partial charge in [0.15, 0.2) is 11.6 Å². The minimum absolute atomic E-state index is 0.00856. The number of anilines is 1. The molecule has 0 bridgehead atoms. The molecule has 2 amide bonds. The number of likely N-dealkylation sites (tertiary alicyclic amines) is 1. The van der Waals surface area contributed by atoms with E-state index in [0.29, 0.717) is 18.7 Å². The first-order valence-electron chi connectivity index (χ1n) is 12.0. The molecule has 1 fully saturated rings. The summed E-state index contributed by atoms with van der Waals surface area (Å²) in [4.78, 5) is 30.2. The summed E-state index contributed by atoms with van der Waals surface area (Å²) in [6.07, 6.45) is 0.839. The number of aromatic nitrogens is 1. The third-order valence-electron chi connectivity index (χ3n) is 6.16. The van der Waals surface area contributed by atoms with E-state index in [1.54, 1.807) is 46.8 Å². The van der Waals surface area contributed by atoms with Crippen molar-refractivity contribution in [2.24, 2.45) is 0 Å². The predicted octanol–water partition coefficient (Wildman–Crippen LogP) is 5.43. The van der Waals surface area contributed by atoms with Crippen LogP contribution < -0.4 is 10.6 Å². The SMILES string of the molecule is CC.Cc1ccc(C2(C)CNC(=O)c3cnc(NC4CN(C(=O)OC(C)(C)C)C4)c(F)c32)c(F)c1Cl. The highest BCUT2D eigenvalue weighted by molar-refractivity contribution is 6.31. The fourth-order valence-corrected chi connectivity index (χ4v) is 4.45. The molecule has 7 nitrogen and oxygen atoms in total. The first-order chi connectivity index (χ1) is 16.8. The van der Waals surface area contributed by atoms with Crippen molar-refractivity contribution < 1.29 is 23.1 Å². The van der Waals surface area contributed by atoms with Crippen molar-refractivity contribution in [2.45, 2.75) is 65.5 Å². The van der Waals surface area contributed by atoms with Crippen molar-refractivity contribution in [3.05, 3.63) is 57.2 Å². The molecule has 0 spiro atoms. The minimum Gasteiger partial charge on any atom is -0.444 e. The Bertz CT molecular complexity index is 1180. The molecule has 1 aromatic heterocycles. The Hall–Kier alpha value is -2.94. The summed E-state index contributed by atoms with van der Waals surface area (Å²) in [7, 11) is 0. The Balaban J connectivity index is 0.00000176. The molecule has 2 aliphatic heterocycles. The molecule has 10 heteroatoms. The predicted molar refractivity (Wildman–Crippen MR) is 136 cm³/mol. The highest BCUT2D eigenvalue weighted by atomic mass is 35.5. The second kappa shape index (κ2) is 10.2. The van der Waals surface area contributed by atoms with Gasteiger partial charge >= 0.3 is 6.09 Å². The van der Waals surface area contributed by atoms with Gasteiger partial charge in [0, 0.05) is 42.4 Å². The van der Waals surface area contributed by atoms with Crippen LogP contribution in [0.25, 0.3) is 0 Å². The van der Waals surface area contributed by atoms with Crippen molar-refractivity contribution >= 4 is 29.4 Å². The molecule has 4 rings (SSSR count). The minimum atomic E-state index is -1.21. The van der Waals surface area contributed by atoms with E-state index in [0.717, 1.165) is 0 Å². The van der Waals surface area contributed by atoms with E-state index in [1.165, 1.54) is 11.1 Å². The normalized spacial score (nSPS) is 19.4. The van der Waals surface area contributed by atoms with Crippen LogP contribution in [0.3, 0.4) is 0 Å². The molecule has 3 heterocycles. The van der Waals surface area contributed by atoms with E-state index in [1.807, 2.05) is 13.8 Å². The Morgan fingerprint density at radius 3 is 2.50 bits per heavy atom. The number of amides is 2. The fourth-order valence-electron chi connectivity index (χ4n) is 4.28. The molecule has 0 saturated carbocycles. The van der Waals surface area contributed by atoms with Gasteiger partial charge in [-0.1, -0.05) is 37.6 Å². The number of nitrogens with one attached hydrogen (secondary N) is 2. The van der Waals surface area contributed by atoms with Gasteiger partial charge in [-0.25, -0.2) is 18.6 Å². The molecule has 0 radical (unpaired) electrons. The monoisotopic (exact) mass is 522 g/mol. The number of halogens is 3. The lowest BCUT2D eigenvalue weighted by Crippen LogP contribution is -2.58. The van der Waals surface area contributed by atoms with Gasteiger partial charge in [0.25, 0.3) is 5.91 Å². The molecule has 196 valence electrons. The highest BCUT2D eigenvalue weighted by Gasteiger charge is 2.43. The number of aryl methyl sites for hydroxylation is 1. The van der Waals surface area contributed by atoms with Gasteiger partial charge < -0.3 is 20.3 Å². The first kappa shape index (κ1) is 27.6. The summed E-state index contributed by atoms with van der Waals surface area (Å²) in [5.74, 6) is -1.93. The maximum Gasteiger partial charge on any atom is 0.410 e. The summed E-state index contributed by atoms with van der Waals surface area (Å²) in [6, 6.07) is 2.98. The van der Waals surface area contributed by atoms with Gasteiger partial charge in [-0.2, -0.15) is 0 Å². The molecule has 2 aliphatic rings. The Morgan fingerprint density at radius 2 is 1.89 bits per heavy atom. The number of benzene rings is 1. The fraction of sp³-hybridized carbons (Fsp3) is 0.500. The van der Waals surface area contributed by atoms with Crippen LogP contribution in [0.1, 0.15) is 68.6 Å². The summed E-state index contributed by atoms with van der Waals surface area (Å²) < 4.78 is 36.4. The Labute approximate surface area is 215 Å². The van der Waals surface area contributed by atoms with Gasteiger partial charge in [0.1, 0.15) is 11.4 Å². The summed E-state index contributed by atoms with van der Waals surface area (Å²) in [6.45, 7) is 13.3. The second-order valence-electron chi connectivity index (χ2n) is 10.0. The standard InChI is InChI=1S/C24H27ClF2N4O3.C2H6/c1-12-6-7-15(18(26)17(12)25)24(5)11-29-21(32)14-8-28-20(19(27)16(14)24)30-13-9-31(10-13)22(33)34-23(2,3)4;1-2/h6-8,13H,9-11H2,1-5H3,(H,28,30)(H,29,32);1-2H3. The maximum atomic E-state index is 15.9. The average Bonchev–Trinajstić information content (AvgIpc) is 2.78. The Morgan fingerprint density at radius 1 is 1.25 bits per heavy atom. The van der Waals surface area contributed by atoms with E-state index < -0.39 is 34.7 Å². The van der Waals surface area contributed by atoms with E-state index >= 15 is 8.78 Å². The van der Waals surface area contributed by atoms with Crippen LogP contribution in [0.2, 0.25) is 5.02 Å². The van der Waals surface area contributed by atoms with Gasteiger partial charge in [-0.3, -0.25) is 4.79 Å². The zero-order valence-corrected chi connectivity index (χ0v) is 22.4. The number of nitrogens with zero attached hydrogens (tertiary/aromatic N) is 2.